The van der Waals surface area contributed by atoms with E-state index in [1.54, 1.807) is 0 Å². The van der Waals surface area contributed by atoms with Crippen molar-refractivity contribution in [3.05, 3.63) is 41.5 Å². The molecule has 22 heavy (non-hydrogen) atoms. The van der Waals surface area contributed by atoms with Crippen molar-refractivity contribution >= 4 is 11.9 Å². The summed E-state index contributed by atoms with van der Waals surface area (Å²) in [4.78, 5) is 22.2. The van der Waals surface area contributed by atoms with Gasteiger partial charge in [-0.15, -0.1) is 0 Å². The highest BCUT2D eigenvalue weighted by atomic mass is 19.1. The molecule has 0 radical (unpaired) electrons. The molecule has 0 aromatic heterocycles. The van der Waals surface area contributed by atoms with Crippen LogP contribution in [0.15, 0.2) is 24.3 Å². The number of esters is 1. The summed E-state index contributed by atoms with van der Waals surface area (Å²) in [5.74, 6) is -4.33. The van der Waals surface area contributed by atoms with Crippen LogP contribution in [0.25, 0.3) is 0 Å². The van der Waals surface area contributed by atoms with E-state index < -0.39 is 29.1 Å². The summed E-state index contributed by atoms with van der Waals surface area (Å²) in [7, 11) is 0. The third-order valence-corrected chi connectivity index (χ3v) is 2.63. The minimum Gasteiger partial charge on any atom is -0.486 e. The lowest BCUT2D eigenvalue weighted by atomic mass is 10.1. The van der Waals surface area contributed by atoms with Crippen molar-refractivity contribution in [1.29, 1.82) is 0 Å². The Morgan fingerprint density at radius 1 is 1.32 bits per heavy atom. The van der Waals surface area contributed by atoms with Crippen molar-refractivity contribution in [2.24, 2.45) is 5.73 Å². The number of unbranched alkanes of at least 4 members (excludes halogenated alkanes) is 1. The van der Waals surface area contributed by atoms with Gasteiger partial charge in [0.1, 0.15) is 18.0 Å². The van der Waals surface area contributed by atoms with E-state index in [0.29, 0.717) is 6.61 Å². The zero-order valence-electron chi connectivity index (χ0n) is 12.1. The average Bonchev–Trinajstić information content (AvgIpc) is 2.45. The van der Waals surface area contributed by atoms with Gasteiger partial charge in [0, 0.05) is 6.08 Å². The van der Waals surface area contributed by atoms with Gasteiger partial charge >= 0.3 is 5.97 Å². The van der Waals surface area contributed by atoms with Crippen molar-refractivity contribution in [2.75, 3.05) is 13.2 Å². The Morgan fingerprint density at radius 2 is 2.05 bits per heavy atom. The zero-order chi connectivity index (χ0) is 16.5. The number of carbonyl (C=O) groups is 2. The summed E-state index contributed by atoms with van der Waals surface area (Å²) < 4.78 is 36.9. The quantitative estimate of drug-likeness (QED) is 0.454. The number of ether oxygens (including phenoxy) is 2. The largest absolute Gasteiger partial charge is 0.486 e. The van der Waals surface area contributed by atoms with Crippen LogP contribution in [0, 0.1) is 11.6 Å². The Bertz CT molecular complexity index is 573. The normalized spacial score (nSPS) is 10.7. The molecule has 1 aromatic carbocycles. The number of halogens is 2. The molecule has 0 aliphatic rings. The van der Waals surface area contributed by atoms with Gasteiger partial charge in [-0.1, -0.05) is 13.3 Å². The van der Waals surface area contributed by atoms with Crippen molar-refractivity contribution in [2.45, 2.75) is 19.8 Å². The first-order chi connectivity index (χ1) is 10.5. The zero-order valence-corrected chi connectivity index (χ0v) is 12.1. The number of carbonyl (C=O) groups excluding carboxylic acids is 2. The van der Waals surface area contributed by atoms with Gasteiger partial charge in [0.25, 0.3) is 5.91 Å². The summed E-state index contributed by atoms with van der Waals surface area (Å²) in [5, 5.41) is 0. The first-order valence-corrected chi connectivity index (χ1v) is 6.71. The highest BCUT2D eigenvalue weighted by Crippen LogP contribution is 2.22. The van der Waals surface area contributed by atoms with Crippen LogP contribution in [0.1, 0.15) is 30.1 Å². The number of rotatable bonds is 8. The van der Waals surface area contributed by atoms with Crippen LogP contribution in [-0.2, 0) is 9.53 Å². The minimum absolute atomic E-state index is 0.149. The molecule has 0 aliphatic heterocycles. The molecule has 0 unspecified atom stereocenters. The summed E-state index contributed by atoms with van der Waals surface area (Å²) in [6, 6.07) is 1.91. The molecule has 2 N–H and O–H groups in total. The Kier molecular flexibility index (Phi) is 7.01. The highest BCUT2D eigenvalue weighted by Gasteiger charge is 2.18. The second kappa shape index (κ2) is 8.76. The molecule has 0 saturated carbocycles. The number of hydrogen-bond acceptors (Lipinski definition) is 4. The van der Waals surface area contributed by atoms with Gasteiger partial charge in [0.05, 0.1) is 6.61 Å². The fraction of sp³-hybridized carbons (Fsp3) is 0.333. The Hall–Kier alpha value is -2.44. The molecule has 1 amide bonds. The number of nitrogens with two attached hydrogens (primary N) is 1. The minimum atomic E-state index is -1.23. The Morgan fingerprint density at radius 3 is 2.68 bits per heavy atom. The number of primary amides is 1. The van der Waals surface area contributed by atoms with E-state index in [-0.39, 0.29) is 12.4 Å². The topological polar surface area (TPSA) is 78.6 Å². The van der Waals surface area contributed by atoms with Crippen molar-refractivity contribution in [3.8, 4) is 5.75 Å². The van der Waals surface area contributed by atoms with Gasteiger partial charge in [-0.3, -0.25) is 4.79 Å². The fourth-order valence-electron chi connectivity index (χ4n) is 1.52. The summed E-state index contributed by atoms with van der Waals surface area (Å²) in [6.07, 6.45) is 4.14. The van der Waals surface area contributed by atoms with Crippen LogP contribution >= 0.6 is 0 Å². The van der Waals surface area contributed by atoms with Gasteiger partial charge in [0.2, 0.25) is 0 Å². The number of amides is 1. The predicted molar refractivity (Wildman–Crippen MR) is 75.4 cm³/mol. The standard InChI is InChI=1S/C15H17F2NO4/c1-2-3-8-22-12(19)5-4-9-21-11-7-6-10(16)13(14(11)17)15(18)20/h4-7H,2-3,8-9H2,1H3,(H2,18,20)/b5-4+. The average molecular weight is 313 g/mol. The molecule has 5 nitrogen and oxygen atoms in total. The monoisotopic (exact) mass is 313 g/mol. The van der Waals surface area contributed by atoms with Gasteiger partial charge in [-0.05, 0) is 24.6 Å². The van der Waals surface area contributed by atoms with E-state index in [1.807, 2.05) is 6.92 Å². The summed E-state index contributed by atoms with van der Waals surface area (Å²) in [6.45, 7) is 2.15. The highest BCUT2D eigenvalue weighted by molar-refractivity contribution is 5.93. The molecule has 120 valence electrons. The summed E-state index contributed by atoms with van der Waals surface area (Å²) in [5.41, 5.74) is 4.03. The Balaban J connectivity index is 2.57. The molecule has 0 saturated heterocycles. The first kappa shape index (κ1) is 17.6. The van der Waals surface area contributed by atoms with Crippen LogP contribution in [0.3, 0.4) is 0 Å². The summed E-state index contributed by atoms with van der Waals surface area (Å²) >= 11 is 0. The number of hydrogen-bond donors (Lipinski definition) is 1. The molecule has 0 atom stereocenters. The van der Waals surface area contributed by atoms with E-state index >= 15 is 0 Å². The maximum Gasteiger partial charge on any atom is 0.330 e. The molecule has 0 spiro atoms. The van der Waals surface area contributed by atoms with Gasteiger partial charge in [0.15, 0.2) is 11.6 Å². The molecule has 1 aromatic rings. The third kappa shape index (κ3) is 5.16. The van der Waals surface area contributed by atoms with Crippen LogP contribution in [0.2, 0.25) is 0 Å². The maximum atomic E-state index is 13.8. The van der Waals surface area contributed by atoms with E-state index in [2.05, 4.69) is 0 Å². The van der Waals surface area contributed by atoms with Crippen LogP contribution in [0.4, 0.5) is 8.78 Å². The van der Waals surface area contributed by atoms with Crippen molar-refractivity contribution in [1.82, 2.24) is 0 Å². The van der Waals surface area contributed by atoms with Crippen LogP contribution in [0.5, 0.6) is 5.75 Å². The molecule has 0 fully saturated rings. The molecular weight excluding hydrogens is 296 g/mol. The van der Waals surface area contributed by atoms with Gasteiger partial charge < -0.3 is 15.2 Å². The predicted octanol–water partition coefficient (Wildman–Crippen LogP) is 2.34. The molecule has 0 heterocycles. The molecular formula is C15H17F2NO4. The van der Waals surface area contributed by atoms with Gasteiger partial charge in [-0.25, -0.2) is 13.6 Å². The fourth-order valence-corrected chi connectivity index (χ4v) is 1.52. The van der Waals surface area contributed by atoms with E-state index in [0.717, 1.165) is 31.1 Å². The Labute approximate surface area is 126 Å². The second-order valence-corrected chi connectivity index (χ2v) is 4.33. The van der Waals surface area contributed by atoms with Crippen molar-refractivity contribution in [3.63, 3.8) is 0 Å². The lowest BCUT2D eigenvalue weighted by Gasteiger charge is -2.07. The van der Waals surface area contributed by atoms with E-state index in [9.17, 15) is 18.4 Å². The van der Waals surface area contributed by atoms with E-state index in [1.165, 1.54) is 6.08 Å². The first-order valence-electron chi connectivity index (χ1n) is 6.71. The molecule has 7 heteroatoms. The molecule has 0 aliphatic carbocycles. The maximum absolute atomic E-state index is 13.8. The smallest absolute Gasteiger partial charge is 0.330 e. The molecule has 1 rings (SSSR count). The van der Waals surface area contributed by atoms with Crippen molar-refractivity contribution < 1.29 is 27.8 Å². The lowest BCUT2D eigenvalue weighted by Crippen LogP contribution is -2.16. The van der Waals surface area contributed by atoms with Crippen LogP contribution < -0.4 is 10.5 Å². The van der Waals surface area contributed by atoms with Crippen LogP contribution in [-0.4, -0.2) is 25.1 Å². The molecule has 0 bridgehead atoms. The SMILES string of the molecule is CCCCOC(=O)/C=C/COc1ccc(F)c(C(N)=O)c1F. The third-order valence-electron chi connectivity index (χ3n) is 2.63. The lowest BCUT2D eigenvalue weighted by molar-refractivity contribution is -0.137. The van der Waals surface area contributed by atoms with Gasteiger partial charge in [-0.2, -0.15) is 0 Å². The second-order valence-electron chi connectivity index (χ2n) is 4.33. The number of benzene rings is 1. The van der Waals surface area contributed by atoms with E-state index in [4.69, 9.17) is 15.2 Å².